The largest absolute Gasteiger partial charge is 0.357 e. The lowest BCUT2D eigenvalue weighted by molar-refractivity contribution is 0.232. The fourth-order valence-electron chi connectivity index (χ4n) is 3.37. The Kier molecular flexibility index (Phi) is 7.71. The Morgan fingerprint density at radius 2 is 1.89 bits per heavy atom. The van der Waals surface area contributed by atoms with Gasteiger partial charge < -0.3 is 15.5 Å². The Morgan fingerprint density at radius 3 is 2.67 bits per heavy atom. The van der Waals surface area contributed by atoms with E-state index in [0.717, 1.165) is 37.7 Å². The topological polar surface area (TPSA) is 57.5 Å². The molecule has 1 saturated heterocycles. The van der Waals surface area contributed by atoms with Crippen LogP contribution in [0, 0.1) is 0 Å². The third kappa shape index (κ3) is 6.71. The number of hydrogen-bond acceptors (Lipinski definition) is 3. The fourth-order valence-corrected chi connectivity index (χ4v) is 3.37. The zero-order valence-corrected chi connectivity index (χ0v) is 16.4. The average Bonchev–Trinajstić information content (AvgIpc) is 3.15. The van der Waals surface area contributed by atoms with E-state index in [9.17, 15) is 0 Å². The quantitative estimate of drug-likeness (QED) is 0.555. The summed E-state index contributed by atoms with van der Waals surface area (Å²) in [5.74, 6) is 0.880. The van der Waals surface area contributed by atoms with Gasteiger partial charge in [-0.2, -0.15) is 5.10 Å². The lowest BCUT2D eigenvalue weighted by atomic mass is 10.1. The van der Waals surface area contributed by atoms with Gasteiger partial charge in [-0.3, -0.25) is 4.68 Å². The molecule has 0 atom stereocenters. The molecule has 1 aliphatic rings. The summed E-state index contributed by atoms with van der Waals surface area (Å²) >= 11 is 0. The number of benzene rings is 1. The molecule has 0 saturated carbocycles. The molecule has 1 aromatic heterocycles. The number of nitrogens with one attached hydrogen (secondary N) is 2. The van der Waals surface area contributed by atoms with Crippen molar-refractivity contribution in [1.29, 1.82) is 0 Å². The normalized spacial score (nSPS) is 15.7. The van der Waals surface area contributed by atoms with Crippen molar-refractivity contribution in [3.05, 3.63) is 53.9 Å². The summed E-state index contributed by atoms with van der Waals surface area (Å²) in [5.41, 5.74) is 2.38. The van der Waals surface area contributed by atoms with Crippen molar-refractivity contribution in [2.24, 2.45) is 4.99 Å². The molecule has 1 fully saturated rings. The minimum Gasteiger partial charge on any atom is -0.357 e. The highest BCUT2D eigenvalue weighted by atomic mass is 15.3. The van der Waals surface area contributed by atoms with Crippen molar-refractivity contribution in [2.75, 3.05) is 32.7 Å². The Morgan fingerprint density at radius 1 is 1.07 bits per heavy atom. The first kappa shape index (κ1) is 19.4. The number of aromatic nitrogens is 2. The van der Waals surface area contributed by atoms with Crippen LogP contribution < -0.4 is 10.6 Å². The molecular weight excluding hydrogens is 336 g/mol. The van der Waals surface area contributed by atoms with E-state index in [-0.39, 0.29) is 0 Å². The molecule has 0 bridgehead atoms. The van der Waals surface area contributed by atoms with Crippen LogP contribution in [0.4, 0.5) is 0 Å². The van der Waals surface area contributed by atoms with Gasteiger partial charge in [-0.05, 0) is 38.4 Å². The number of rotatable bonds is 8. The Bertz CT molecular complexity index is 688. The monoisotopic (exact) mass is 368 g/mol. The van der Waals surface area contributed by atoms with Gasteiger partial charge in [0.1, 0.15) is 0 Å². The van der Waals surface area contributed by atoms with Crippen LogP contribution >= 0.6 is 0 Å². The SMILES string of the molecule is CCNC(=NCc1cnn(Cc2ccccc2)c1)NCCN1CCCCC1. The zero-order chi connectivity index (χ0) is 18.7. The summed E-state index contributed by atoms with van der Waals surface area (Å²) in [4.78, 5) is 7.24. The van der Waals surface area contributed by atoms with Gasteiger partial charge >= 0.3 is 0 Å². The third-order valence-electron chi connectivity index (χ3n) is 4.81. The predicted octanol–water partition coefficient (Wildman–Crippen LogP) is 2.47. The maximum Gasteiger partial charge on any atom is 0.191 e. The van der Waals surface area contributed by atoms with Gasteiger partial charge in [0.05, 0.1) is 19.3 Å². The Balaban J connectivity index is 1.47. The van der Waals surface area contributed by atoms with E-state index < -0.39 is 0 Å². The maximum absolute atomic E-state index is 4.71. The van der Waals surface area contributed by atoms with E-state index in [1.807, 2.05) is 16.9 Å². The molecule has 27 heavy (non-hydrogen) atoms. The number of aliphatic imine (C=N–C) groups is 1. The lowest BCUT2D eigenvalue weighted by Gasteiger charge is -2.26. The lowest BCUT2D eigenvalue weighted by Crippen LogP contribution is -2.42. The summed E-state index contributed by atoms with van der Waals surface area (Å²) in [6.07, 6.45) is 8.03. The molecule has 6 heteroatoms. The van der Waals surface area contributed by atoms with E-state index in [1.54, 1.807) is 0 Å². The second kappa shape index (κ2) is 10.7. The molecule has 0 radical (unpaired) electrons. The molecule has 0 amide bonds. The molecule has 1 aliphatic heterocycles. The number of hydrogen-bond donors (Lipinski definition) is 2. The van der Waals surface area contributed by atoms with Gasteiger partial charge in [0, 0.05) is 31.4 Å². The van der Waals surface area contributed by atoms with Gasteiger partial charge in [-0.15, -0.1) is 0 Å². The van der Waals surface area contributed by atoms with Crippen molar-refractivity contribution in [3.8, 4) is 0 Å². The first-order valence-corrected chi connectivity index (χ1v) is 10.1. The molecular formula is C21H32N6. The molecule has 2 heterocycles. The van der Waals surface area contributed by atoms with E-state index in [2.05, 4.69) is 58.0 Å². The van der Waals surface area contributed by atoms with Crippen molar-refractivity contribution in [2.45, 2.75) is 39.3 Å². The van der Waals surface area contributed by atoms with Crippen molar-refractivity contribution >= 4 is 5.96 Å². The Labute approximate surface area is 162 Å². The third-order valence-corrected chi connectivity index (χ3v) is 4.81. The maximum atomic E-state index is 4.71. The van der Waals surface area contributed by atoms with E-state index in [1.165, 1.54) is 37.9 Å². The number of piperidine rings is 1. The van der Waals surface area contributed by atoms with Gasteiger partial charge in [-0.25, -0.2) is 4.99 Å². The number of nitrogens with zero attached hydrogens (tertiary/aromatic N) is 4. The highest BCUT2D eigenvalue weighted by molar-refractivity contribution is 5.79. The summed E-state index contributed by atoms with van der Waals surface area (Å²) in [6.45, 7) is 8.86. The van der Waals surface area contributed by atoms with Crippen LogP contribution in [-0.2, 0) is 13.1 Å². The van der Waals surface area contributed by atoms with Crippen LogP contribution in [0.5, 0.6) is 0 Å². The Hall–Kier alpha value is -2.34. The summed E-state index contributed by atoms with van der Waals surface area (Å²) in [5, 5.41) is 11.2. The standard InChI is InChI=1S/C21H32N6/c1-2-22-21(23-11-14-26-12-7-4-8-13-26)24-15-20-16-25-27(18-20)17-19-9-5-3-6-10-19/h3,5-6,9-10,16,18H,2,4,7-8,11-15,17H2,1H3,(H2,22,23,24). The van der Waals surface area contributed by atoms with Gasteiger partial charge in [0.15, 0.2) is 5.96 Å². The molecule has 146 valence electrons. The number of guanidine groups is 1. The van der Waals surface area contributed by atoms with Crippen LogP contribution in [-0.4, -0.2) is 53.4 Å². The highest BCUT2D eigenvalue weighted by Gasteiger charge is 2.09. The van der Waals surface area contributed by atoms with E-state index in [0.29, 0.717) is 6.54 Å². The molecule has 0 spiro atoms. The van der Waals surface area contributed by atoms with Crippen LogP contribution in [0.3, 0.4) is 0 Å². The minimum absolute atomic E-state index is 0.633. The molecule has 2 aromatic rings. The smallest absolute Gasteiger partial charge is 0.191 e. The molecule has 1 aromatic carbocycles. The van der Waals surface area contributed by atoms with E-state index in [4.69, 9.17) is 4.99 Å². The zero-order valence-electron chi connectivity index (χ0n) is 16.4. The second-order valence-corrected chi connectivity index (χ2v) is 7.06. The number of likely N-dealkylation sites (tertiary alicyclic amines) is 1. The average molecular weight is 369 g/mol. The summed E-state index contributed by atoms with van der Waals surface area (Å²) in [6, 6.07) is 10.4. The van der Waals surface area contributed by atoms with Crippen LogP contribution in [0.2, 0.25) is 0 Å². The van der Waals surface area contributed by atoms with Gasteiger partial charge in [-0.1, -0.05) is 36.8 Å². The predicted molar refractivity (Wildman–Crippen MR) is 111 cm³/mol. The van der Waals surface area contributed by atoms with Crippen molar-refractivity contribution < 1.29 is 0 Å². The van der Waals surface area contributed by atoms with Gasteiger partial charge in [0.2, 0.25) is 0 Å². The van der Waals surface area contributed by atoms with Crippen molar-refractivity contribution in [3.63, 3.8) is 0 Å². The molecule has 3 rings (SSSR count). The van der Waals surface area contributed by atoms with Crippen molar-refractivity contribution in [1.82, 2.24) is 25.3 Å². The first-order valence-electron chi connectivity index (χ1n) is 10.1. The summed E-state index contributed by atoms with van der Waals surface area (Å²) in [7, 11) is 0. The van der Waals surface area contributed by atoms with Crippen LogP contribution in [0.25, 0.3) is 0 Å². The molecule has 0 unspecified atom stereocenters. The fraction of sp³-hybridized carbons (Fsp3) is 0.524. The minimum atomic E-state index is 0.633. The highest BCUT2D eigenvalue weighted by Crippen LogP contribution is 2.07. The van der Waals surface area contributed by atoms with Crippen LogP contribution in [0.15, 0.2) is 47.7 Å². The molecule has 6 nitrogen and oxygen atoms in total. The van der Waals surface area contributed by atoms with Gasteiger partial charge in [0.25, 0.3) is 0 Å². The molecule has 2 N–H and O–H groups in total. The van der Waals surface area contributed by atoms with E-state index >= 15 is 0 Å². The van der Waals surface area contributed by atoms with Crippen LogP contribution in [0.1, 0.15) is 37.3 Å². The summed E-state index contributed by atoms with van der Waals surface area (Å²) < 4.78 is 1.97. The second-order valence-electron chi connectivity index (χ2n) is 7.06. The first-order chi connectivity index (χ1) is 13.3. The molecule has 0 aliphatic carbocycles.